The average molecular weight is 437 g/mol. The Bertz CT molecular complexity index is 898. The normalized spacial score (nSPS) is 13.4. The molecule has 4 nitrogen and oxygen atoms in total. The molecule has 30 heavy (non-hydrogen) atoms. The molecule has 0 bridgehead atoms. The summed E-state index contributed by atoms with van der Waals surface area (Å²) in [6.07, 6.45) is 0.443. The van der Waals surface area contributed by atoms with Gasteiger partial charge in [0.25, 0.3) is 5.91 Å². The molecule has 0 radical (unpaired) electrons. The molecule has 162 valence electrons. The predicted octanol–water partition coefficient (Wildman–Crippen LogP) is 5.28. The van der Waals surface area contributed by atoms with Crippen molar-refractivity contribution in [2.75, 3.05) is 6.54 Å². The van der Waals surface area contributed by atoms with Crippen LogP contribution in [0.15, 0.2) is 42.5 Å². The number of benzene rings is 2. The second-order valence-corrected chi connectivity index (χ2v) is 8.65. The Morgan fingerprint density at radius 2 is 1.70 bits per heavy atom. The molecule has 0 unspecified atom stereocenters. The monoisotopic (exact) mass is 436 g/mol. The Kier molecular flexibility index (Phi) is 7.96. The number of amides is 2. The van der Waals surface area contributed by atoms with Gasteiger partial charge in [-0.3, -0.25) is 9.59 Å². The van der Waals surface area contributed by atoms with Crippen LogP contribution in [0, 0.1) is 23.0 Å². The minimum absolute atomic E-state index is 0.105. The van der Waals surface area contributed by atoms with E-state index in [4.69, 9.17) is 11.6 Å². The molecule has 0 saturated carbocycles. The molecule has 2 aromatic rings. The molecule has 2 amide bonds. The van der Waals surface area contributed by atoms with Crippen molar-refractivity contribution in [3.05, 3.63) is 70.2 Å². The lowest BCUT2D eigenvalue weighted by atomic mass is 9.81. The van der Waals surface area contributed by atoms with Crippen LogP contribution in [0.5, 0.6) is 0 Å². The minimum atomic E-state index is -0.942. The van der Waals surface area contributed by atoms with Crippen LogP contribution in [0.4, 0.5) is 8.78 Å². The predicted molar refractivity (Wildman–Crippen MR) is 114 cm³/mol. The molecule has 0 spiro atoms. The first-order valence-electron chi connectivity index (χ1n) is 9.83. The topological polar surface area (TPSA) is 58.2 Å². The van der Waals surface area contributed by atoms with E-state index in [-0.39, 0.29) is 23.0 Å². The van der Waals surface area contributed by atoms with Crippen LogP contribution in [0.3, 0.4) is 0 Å². The highest BCUT2D eigenvalue weighted by molar-refractivity contribution is 6.30. The summed E-state index contributed by atoms with van der Waals surface area (Å²) in [6, 6.07) is 9.95. The van der Waals surface area contributed by atoms with Gasteiger partial charge in [0.15, 0.2) is 0 Å². The van der Waals surface area contributed by atoms with Crippen molar-refractivity contribution in [2.45, 2.75) is 40.2 Å². The van der Waals surface area contributed by atoms with Gasteiger partial charge in [0.1, 0.15) is 11.6 Å². The summed E-state index contributed by atoms with van der Waals surface area (Å²) < 4.78 is 29.1. The van der Waals surface area contributed by atoms with Gasteiger partial charge in [0, 0.05) is 17.7 Å². The lowest BCUT2D eigenvalue weighted by Crippen LogP contribution is -2.44. The number of nitrogens with one attached hydrogen (secondary N) is 2. The number of carbonyl (C=O) groups excluding carboxylic acids is 2. The van der Waals surface area contributed by atoms with Gasteiger partial charge >= 0.3 is 0 Å². The zero-order valence-electron chi connectivity index (χ0n) is 17.6. The number of carbonyl (C=O) groups is 2. The number of hydrogen-bond acceptors (Lipinski definition) is 2. The molecule has 0 aliphatic heterocycles. The molecule has 0 fully saturated rings. The van der Waals surface area contributed by atoms with Gasteiger partial charge in [-0.2, -0.15) is 0 Å². The van der Waals surface area contributed by atoms with Crippen molar-refractivity contribution in [1.29, 1.82) is 0 Å². The molecule has 2 rings (SSSR count). The lowest BCUT2D eigenvalue weighted by molar-refractivity contribution is -0.126. The zero-order chi connectivity index (χ0) is 22.5. The van der Waals surface area contributed by atoms with Gasteiger partial charge in [-0.1, -0.05) is 57.5 Å². The first-order chi connectivity index (χ1) is 14.1. The second-order valence-electron chi connectivity index (χ2n) is 8.25. The fraction of sp³-hybridized carbons (Fsp3) is 0.391. The van der Waals surface area contributed by atoms with Crippen LogP contribution in [-0.4, -0.2) is 18.4 Å². The lowest BCUT2D eigenvalue weighted by Gasteiger charge is -2.33. The molecule has 2 N–H and O–H groups in total. The number of hydrogen-bond donors (Lipinski definition) is 2. The van der Waals surface area contributed by atoms with Crippen LogP contribution < -0.4 is 10.6 Å². The summed E-state index contributed by atoms with van der Waals surface area (Å²) in [4.78, 5) is 25.2. The van der Waals surface area contributed by atoms with Gasteiger partial charge in [0.05, 0.1) is 17.0 Å². The Balaban J connectivity index is 2.18. The quantitative estimate of drug-likeness (QED) is 0.580. The summed E-state index contributed by atoms with van der Waals surface area (Å²) in [5.74, 6) is -2.91. The van der Waals surface area contributed by atoms with E-state index in [0.717, 1.165) is 12.1 Å². The van der Waals surface area contributed by atoms with Gasteiger partial charge in [-0.25, -0.2) is 8.78 Å². The molecule has 0 saturated heterocycles. The highest BCUT2D eigenvalue weighted by Crippen LogP contribution is 2.37. The average Bonchev–Trinajstić information content (AvgIpc) is 2.70. The van der Waals surface area contributed by atoms with Gasteiger partial charge in [0.2, 0.25) is 5.91 Å². The fourth-order valence-electron chi connectivity index (χ4n) is 3.12. The highest BCUT2D eigenvalue weighted by atomic mass is 35.5. The van der Waals surface area contributed by atoms with E-state index in [9.17, 15) is 18.4 Å². The molecule has 2 aromatic carbocycles. The number of rotatable bonds is 7. The second kappa shape index (κ2) is 10.0. The van der Waals surface area contributed by atoms with Crippen LogP contribution in [0.1, 0.15) is 56.1 Å². The first kappa shape index (κ1) is 23.8. The summed E-state index contributed by atoms with van der Waals surface area (Å²) in [7, 11) is 0. The third-order valence-electron chi connectivity index (χ3n) is 4.93. The van der Waals surface area contributed by atoms with E-state index in [0.29, 0.717) is 12.0 Å². The summed E-state index contributed by atoms with van der Waals surface area (Å²) in [5.41, 5.74) is -0.469. The maximum absolute atomic E-state index is 14.6. The van der Waals surface area contributed by atoms with Crippen LogP contribution in [-0.2, 0) is 4.79 Å². The largest absolute Gasteiger partial charge is 0.351 e. The van der Waals surface area contributed by atoms with E-state index in [2.05, 4.69) is 10.6 Å². The Morgan fingerprint density at radius 3 is 2.27 bits per heavy atom. The van der Waals surface area contributed by atoms with Gasteiger partial charge < -0.3 is 10.6 Å². The van der Waals surface area contributed by atoms with Gasteiger partial charge in [-0.05, 0) is 36.1 Å². The molecular weight excluding hydrogens is 410 g/mol. The Labute approximate surface area is 181 Å². The SMILES string of the molecule is CC[C@H](CNC(=O)c1ccccc1)C(=O)N[C@H](c1c(F)ccc(Cl)c1F)C(C)(C)C. The van der Waals surface area contributed by atoms with E-state index in [1.807, 2.05) is 6.92 Å². The molecule has 7 heteroatoms. The Hall–Kier alpha value is -2.47. The third kappa shape index (κ3) is 5.79. The first-order valence-corrected chi connectivity index (χ1v) is 10.2. The van der Waals surface area contributed by atoms with Crippen LogP contribution in [0.25, 0.3) is 0 Å². The standard InChI is InChI=1S/C23H27ClF2N2O2/c1-5-14(13-27-21(29)15-9-7-6-8-10-15)22(30)28-20(23(2,3)4)18-17(25)12-11-16(24)19(18)26/h6-12,14,20H,5,13H2,1-4H3,(H,27,29)(H,28,30)/t14-,20-/m1/s1. The molecule has 0 aliphatic rings. The smallest absolute Gasteiger partial charge is 0.251 e. The summed E-state index contributed by atoms with van der Waals surface area (Å²) in [6.45, 7) is 7.24. The summed E-state index contributed by atoms with van der Waals surface area (Å²) >= 11 is 5.85. The van der Waals surface area contributed by atoms with E-state index in [1.165, 1.54) is 0 Å². The van der Waals surface area contributed by atoms with Crippen molar-refractivity contribution in [1.82, 2.24) is 10.6 Å². The minimum Gasteiger partial charge on any atom is -0.351 e. The molecule has 2 atom stereocenters. The molecule has 0 aliphatic carbocycles. The van der Waals surface area contributed by atoms with Crippen LogP contribution >= 0.6 is 11.6 Å². The number of halogens is 3. The van der Waals surface area contributed by atoms with Gasteiger partial charge in [-0.15, -0.1) is 0 Å². The molecule has 0 aromatic heterocycles. The maximum Gasteiger partial charge on any atom is 0.251 e. The fourth-order valence-corrected chi connectivity index (χ4v) is 3.28. The van der Waals surface area contributed by atoms with E-state index in [1.54, 1.807) is 51.1 Å². The van der Waals surface area contributed by atoms with Crippen molar-refractivity contribution in [2.24, 2.45) is 11.3 Å². The van der Waals surface area contributed by atoms with Crippen LogP contribution in [0.2, 0.25) is 5.02 Å². The highest BCUT2D eigenvalue weighted by Gasteiger charge is 2.34. The van der Waals surface area contributed by atoms with Crippen molar-refractivity contribution >= 4 is 23.4 Å². The van der Waals surface area contributed by atoms with Crippen molar-refractivity contribution in [3.63, 3.8) is 0 Å². The molecule has 0 heterocycles. The van der Waals surface area contributed by atoms with Crippen molar-refractivity contribution in [3.8, 4) is 0 Å². The Morgan fingerprint density at radius 1 is 1.07 bits per heavy atom. The maximum atomic E-state index is 14.6. The van der Waals surface area contributed by atoms with E-state index < -0.39 is 34.9 Å². The van der Waals surface area contributed by atoms with E-state index >= 15 is 0 Å². The summed E-state index contributed by atoms with van der Waals surface area (Å²) in [5, 5.41) is 5.30. The third-order valence-corrected chi connectivity index (χ3v) is 5.22. The van der Waals surface area contributed by atoms with Crippen molar-refractivity contribution < 1.29 is 18.4 Å². The molecular formula is C23H27ClF2N2O2. The zero-order valence-corrected chi connectivity index (χ0v) is 18.3.